The molecule has 3 fully saturated rings. The largest absolute Gasteiger partial charge is 0.479 e. The molecule has 1 amide bonds. The number of nitrogens with zero attached hydrogens (tertiary/aromatic N) is 2. The molecule has 0 aromatic rings. The lowest BCUT2D eigenvalue weighted by molar-refractivity contribution is -0.154. The lowest BCUT2D eigenvalue weighted by Crippen LogP contribution is -2.44. The van der Waals surface area contributed by atoms with E-state index in [9.17, 15) is 9.59 Å². The van der Waals surface area contributed by atoms with E-state index in [-0.39, 0.29) is 5.91 Å². The van der Waals surface area contributed by atoms with Gasteiger partial charge in [-0.1, -0.05) is 0 Å². The van der Waals surface area contributed by atoms with E-state index in [1.807, 2.05) is 4.90 Å². The Morgan fingerprint density at radius 1 is 1.05 bits per heavy atom. The average Bonchev–Trinajstić information content (AvgIpc) is 2.95. The zero-order valence-electron chi connectivity index (χ0n) is 11.8. The van der Waals surface area contributed by atoms with Gasteiger partial charge in [-0.3, -0.25) is 9.69 Å². The third kappa shape index (κ3) is 2.42. The first-order valence-electron chi connectivity index (χ1n) is 7.45. The number of carbonyl (C=O) groups is 2. The number of hydrogen-bond donors (Lipinski definition) is 1. The van der Waals surface area contributed by atoms with Crippen molar-refractivity contribution in [3.63, 3.8) is 0 Å². The van der Waals surface area contributed by atoms with Crippen LogP contribution in [0.5, 0.6) is 0 Å². The second kappa shape index (κ2) is 5.33. The number of ether oxygens (including phenoxy) is 1. The van der Waals surface area contributed by atoms with E-state index < -0.39 is 18.2 Å². The Hall–Kier alpha value is -1.14. The highest BCUT2D eigenvalue weighted by Gasteiger charge is 2.40. The topological polar surface area (TPSA) is 70.1 Å². The summed E-state index contributed by atoms with van der Waals surface area (Å²) in [6, 6.07) is 1.04. The van der Waals surface area contributed by atoms with Gasteiger partial charge in [0.05, 0.1) is 0 Å². The van der Waals surface area contributed by atoms with Crippen molar-refractivity contribution in [2.75, 3.05) is 20.1 Å². The molecule has 6 heteroatoms. The van der Waals surface area contributed by atoms with Crippen molar-refractivity contribution in [2.24, 2.45) is 0 Å². The zero-order chi connectivity index (χ0) is 14.3. The number of carboxylic acids is 1. The van der Waals surface area contributed by atoms with Crippen molar-refractivity contribution in [3.05, 3.63) is 0 Å². The van der Waals surface area contributed by atoms with Gasteiger partial charge in [0.25, 0.3) is 5.91 Å². The van der Waals surface area contributed by atoms with Crippen molar-refractivity contribution in [3.8, 4) is 0 Å². The monoisotopic (exact) mass is 282 g/mol. The molecule has 1 N–H and O–H groups in total. The van der Waals surface area contributed by atoms with Crippen molar-refractivity contribution in [1.29, 1.82) is 0 Å². The molecule has 4 atom stereocenters. The summed E-state index contributed by atoms with van der Waals surface area (Å²) in [6.07, 6.45) is 2.97. The molecule has 0 saturated carbocycles. The first-order valence-corrected chi connectivity index (χ1v) is 7.45. The fourth-order valence-corrected chi connectivity index (χ4v) is 3.71. The maximum Gasteiger partial charge on any atom is 0.332 e. The third-order valence-electron chi connectivity index (χ3n) is 5.03. The predicted octanol–water partition coefficient (Wildman–Crippen LogP) is 0.314. The van der Waals surface area contributed by atoms with Gasteiger partial charge in [-0.15, -0.1) is 0 Å². The number of hydrogen-bond acceptors (Lipinski definition) is 4. The number of carbonyl (C=O) groups excluding carboxylic acids is 1. The normalized spacial score (nSPS) is 38.0. The number of likely N-dealkylation sites (N-methyl/N-ethyl adjacent to an activating group) is 1. The number of fused-ring (bicyclic) bond motifs is 2. The molecule has 0 spiro atoms. The molecule has 0 radical (unpaired) electrons. The highest BCUT2D eigenvalue weighted by atomic mass is 16.5. The summed E-state index contributed by atoms with van der Waals surface area (Å²) in [4.78, 5) is 27.7. The van der Waals surface area contributed by atoms with E-state index in [0.717, 1.165) is 25.9 Å². The maximum absolute atomic E-state index is 12.5. The lowest BCUT2D eigenvalue weighted by Gasteiger charge is -2.27. The average molecular weight is 282 g/mol. The van der Waals surface area contributed by atoms with Gasteiger partial charge in [-0.2, -0.15) is 0 Å². The van der Waals surface area contributed by atoms with Gasteiger partial charge >= 0.3 is 5.97 Å². The van der Waals surface area contributed by atoms with E-state index in [1.165, 1.54) is 6.42 Å². The number of aliphatic carboxylic acids is 1. The molecule has 6 nitrogen and oxygen atoms in total. The molecule has 20 heavy (non-hydrogen) atoms. The van der Waals surface area contributed by atoms with E-state index in [1.54, 1.807) is 0 Å². The van der Waals surface area contributed by atoms with Crippen LogP contribution in [-0.4, -0.2) is 71.2 Å². The lowest BCUT2D eigenvalue weighted by atomic mass is 10.1. The van der Waals surface area contributed by atoms with Gasteiger partial charge in [-0.25, -0.2) is 4.79 Å². The summed E-state index contributed by atoms with van der Waals surface area (Å²) in [5, 5.41) is 8.93. The molecular formula is C14H22N2O4. The Morgan fingerprint density at radius 3 is 2.45 bits per heavy atom. The van der Waals surface area contributed by atoms with Crippen LogP contribution in [0.3, 0.4) is 0 Å². The van der Waals surface area contributed by atoms with Crippen LogP contribution >= 0.6 is 0 Å². The van der Waals surface area contributed by atoms with E-state index in [4.69, 9.17) is 9.84 Å². The molecule has 0 aromatic heterocycles. The predicted molar refractivity (Wildman–Crippen MR) is 71.3 cm³/mol. The number of carboxylic acid groups (broad SMARTS) is 1. The fourth-order valence-electron chi connectivity index (χ4n) is 3.71. The fraction of sp³-hybridized carbons (Fsp3) is 0.857. The minimum absolute atomic E-state index is 0.0188. The first-order chi connectivity index (χ1) is 9.56. The van der Waals surface area contributed by atoms with Crippen molar-refractivity contribution < 1.29 is 19.4 Å². The van der Waals surface area contributed by atoms with Crippen LogP contribution in [0, 0.1) is 0 Å². The Morgan fingerprint density at radius 2 is 1.75 bits per heavy atom. The molecule has 112 valence electrons. The van der Waals surface area contributed by atoms with E-state index >= 15 is 0 Å². The minimum Gasteiger partial charge on any atom is -0.479 e. The summed E-state index contributed by atoms with van der Waals surface area (Å²) in [5.74, 6) is -0.982. The standard InChI is InChI=1S/C14H22N2O4/c1-15-9-2-3-10(15)8-16(7-6-9)13(17)11-4-5-12(20-11)14(18)19/h9-12H,2-8H2,1H3,(H,18,19)/t9?,10?,11-,12+/m0/s1. The molecule has 2 bridgehead atoms. The third-order valence-corrected chi connectivity index (χ3v) is 5.03. The number of amides is 1. The second-order valence-electron chi connectivity index (χ2n) is 6.15. The molecule has 3 saturated heterocycles. The molecule has 0 aromatic carbocycles. The molecule has 3 aliphatic rings. The molecule has 3 heterocycles. The molecule has 3 rings (SSSR count). The quantitative estimate of drug-likeness (QED) is 0.789. The highest BCUT2D eigenvalue weighted by molar-refractivity contribution is 5.82. The molecule has 3 aliphatic heterocycles. The SMILES string of the molecule is CN1C2CCC1CN(C(=O)[C@@H]1CC[C@H](C(=O)O)O1)CC2. The van der Waals surface area contributed by atoms with Gasteiger partial charge in [-0.05, 0) is 39.2 Å². The minimum atomic E-state index is -0.963. The maximum atomic E-state index is 12.5. The Bertz CT molecular complexity index is 414. The van der Waals surface area contributed by atoms with Crippen LogP contribution in [0.2, 0.25) is 0 Å². The van der Waals surface area contributed by atoms with Crippen molar-refractivity contribution in [1.82, 2.24) is 9.80 Å². The first kappa shape index (κ1) is 13.8. The second-order valence-corrected chi connectivity index (χ2v) is 6.15. The number of likely N-dealkylation sites (tertiary alicyclic amines) is 1. The summed E-state index contributed by atoms with van der Waals surface area (Å²) in [7, 11) is 2.14. The van der Waals surface area contributed by atoms with Crippen LogP contribution in [0.1, 0.15) is 32.1 Å². The van der Waals surface area contributed by atoms with Gasteiger partial charge in [0.2, 0.25) is 0 Å². The summed E-state index contributed by atoms with van der Waals surface area (Å²) < 4.78 is 5.38. The van der Waals surface area contributed by atoms with Crippen LogP contribution in [0.15, 0.2) is 0 Å². The van der Waals surface area contributed by atoms with Gasteiger partial charge in [0.1, 0.15) is 6.10 Å². The van der Waals surface area contributed by atoms with Gasteiger partial charge < -0.3 is 14.7 Å². The van der Waals surface area contributed by atoms with Crippen LogP contribution in [-0.2, 0) is 14.3 Å². The molecular weight excluding hydrogens is 260 g/mol. The van der Waals surface area contributed by atoms with Crippen molar-refractivity contribution >= 4 is 11.9 Å². The van der Waals surface area contributed by atoms with Crippen molar-refractivity contribution in [2.45, 2.75) is 56.4 Å². The highest BCUT2D eigenvalue weighted by Crippen LogP contribution is 2.30. The zero-order valence-corrected chi connectivity index (χ0v) is 11.8. The van der Waals surface area contributed by atoms with Crippen LogP contribution in [0.25, 0.3) is 0 Å². The number of rotatable bonds is 2. The van der Waals surface area contributed by atoms with E-state index in [0.29, 0.717) is 24.9 Å². The van der Waals surface area contributed by atoms with Crippen LogP contribution in [0.4, 0.5) is 0 Å². The Labute approximate surface area is 118 Å². The van der Waals surface area contributed by atoms with Crippen LogP contribution < -0.4 is 0 Å². The van der Waals surface area contributed by atoms with Gasteiger partial charge in [0, 0.05) is 25.2 Å². The molecule has 2 unspecified atom stereocenters. The summed E-state index contributed by atoms with van der Waals surface area (Å²) in [5.41, 5.74) is 0. The summed E-state index contributed by atoms with van der Waals surface area (Å²) >= 11 is 0. The Kier molecular flexibility index (Phi) is 3.69. The van der Waals surface area contributed by atoms with E-state index in [2.05, 4.69) is 11.9 Å². The van der Waals surface area contributed by atoms with Gasteiger partial charge in [0.15, 0.2) is 6.10 Å². The Balaban J connectivity index is 1.62. The molecule has 0 aliphatic carbocycles. The smallest absolute Gasteiger partial charge is 0.332 e. The summed E-state index contributed by atoms with van der Waals surface area (Å²) in [6.45, 7) is 1.52.